The van der Waals surface area contributed by atoms with E-state index in [1.807, 2.05) is 0 Å². The van der Waals surface area contributed by atoms with Crippen LogP contribution in [0.25, 0.3) is 0 Å². The number of hydrogen-bond acceptors (Lipinski definition) is 4. The predicted molar refractivity (Wildman–Crippen MR) is 57.1 cm³/mol. The minimum absolute atomic E-state index is 0.343. The van der Waals surface area contributed by atoms with Crippen molar-refractivity contribution in [3.8, 4) is 0 Å². The molecule has 0 aromatic heterocycles. The minimum Gasteiger partial charge on any atom is -0.490 e. The third-order valence-corrected chi connectivity index (χ3v) is 3.64. The van der Waals surface area contributed by atoms with Crippen LogP contribution in [-0.4, -0.2) is 45.8 Å². The first kappa shape index (κ1) is 10.6. The molecule has 5 nitrogen and oxygen atoms in total. The Labute approximate surface area is 89.5 Å². The monoisotopic (exact) mass is 230 g/mol. The van der Waals surface area contributed by atoms with E-state index in [2.05, 4.69) is 16.3 Å². The molecule has 2 rings (SSSR count). The maximum atomic E-state index is 10.9. The second kappa shape index (κ2) is 3.94. The van der Waals surface area contributed by atoms with Gasteiger partial charge in [0.25, 0.3) is 10.0 Å². The van der Waals surface area contributed by atoms with Gasteiger partial charge in [0.05, 0.1) is 11.6 Å². The van der Waals surface area contributed by atoms with Gasteiger partial charge in [0.2, 0.25) is 0 Å². The Morgan fingerprint density at radius 3 is 3.00 bits per heavy atom. The number of likely N-dealkylation sites (tertiary alicyclic amines) is 1. The van der Waals surface area contributed by atoms with E-state index in [-0.39, 0.29) is 0 Å². The van der Waals surface area contributed by atoms with Crippen LogP contribution in [0.2, 0.25) is 0 Å². The molecule has 15 heavy (non-hydrogen) atoms. The molecule has 1 saturated heterocycles. The van der Waals surface area contributed by atoms with Crippen LogP contribution in [0.15, 0.2) is 15.6 Å². The summed E-state index contributed by atoms with van der Waals surface area (Å²) in [5.74, 6) is 0.343. The lowest BCUT2D eigenvalue weighted by Gasteiger charge is -2.19. The van der Waals surface area contributed by atoms with Crippen LogP contribution in [0.3, 0.4) is 0 Å². The number of allylic oxidation sites excluding steroid dienone is 1. The Morgan fingerprint density at radius 2 is 2.47 bits per heavy atom. The van der Waals surface area contributed by atoms with Gasteiger partial charge in [0.1, 0.15) is 6.61 Å². The van der Waals surface area contributed by atoms with E-state index >= 15 is 0 Å². The van der Waals surface area contributed by atoms with Crippen molar-refractivity contribution in [1.29, 1.82) is 0 Å². The lowest BCUT2D eigenvalue weighted by Crippen LogP contribution is -2.29. The summed E-state index contributed by atoms with van der Waals surface area (Å²) in [7, 11) is -1.34. The van der Waals surface area contributed by atoms with Gasteiger partial charge in [0.15, 0.2) is 5.76 Å². The first-order valence-electron chi connectivity index (χ1n) is 4.92. The van der Waals surface area contributed by atoms with Gasteiger partial charge in [-0.1, -0.05) is 0 Å². The van der Waals surface area contributed by atoms with Crippen molar-refractivity contribution in [2.75, 3.05) is 20.2 Å². The van der Waals surface area contributed by atoms with E-state index < -0.39 is 10.0 Å². The normalized spacial score (nSPS) is 29.4. The van der Waals surface area contributed by atoms with Crippen molar-refractivity contribution in [2.45, 2.75) is 18.9 Å². The van der Waals surface area contributed by atoms with Crippen LogP contribution in [0, 0.1) is 0 Å². The van der Waals surface area contributed by atoms with Crippen molar-refractivity contribution in [2.24, 2.45) is 4.40 Å². The summed E-state index contributed by atoms with van der Waals surface area (Å²) < 4.78 is 30.6. The number of hydrogen-bond donors (Lipinski definition) is 0. The molecule has 0 saturated carbocycles. The lowest BCUT2D eigenvalue weighted by atomic mass is 10.2. The summed E-state index contributed by atoms with van der Waals surface area (Å²) in [4.78, 5) is 2.22. The highest BCUT2D eigenvalue weighted by Gasteiger charge is 2.22. The summed E-state index contributed by atoms with van der Waals surface area (Å²) in [6.07, 6.45) is 3.54. The third-order valence-electron chi connectivity index (χ3n) is 2.71. The van der Waals surface area contributed by atoms with Gasteiger partial charge in [-0.15, -0.1) is 0 Å². The average Bonchev–Trinajstić information content (AvgIpc) is 2.69. The number of sulfonamides is 1. The van der Waals surface area contributed by atoms with E-state index in [0.717, 1.165) is 18.4 Å². The van der Waals surface area contributed by atoms with Crippen molar-refractivity contribution < 1.29 is 13.2 Å². The van der Waals surface area contributed by atoms with Crippen LogP contribution in [0.4, 0.5) is 0 Å². The molecule has 0 radical (unpaired) electrons. The molecule has 1 atom stereocenters. The lowest BCUT2D eigenvalue weighted by molar-refractivity contribution is 0.152. The van der Waals surface area contributed by atoms with E-state index in [0.29, 0.717) is 18.4 Å². The molecule has 0 aromatic carbocycles. The van der Waals surface area contributed by atoms with Gasteiger partial charge in [-0.05, 0) is 26.4 Å². The van der Waals surface area contributed by atoms with Gasteiger partial charge in [-0.2, -0.15) is 12.8 Å². The van der Waals surface area contributed by atoms with Crippen LogP contribution < -0.4 is 0 Å². The van der Waals surface area contributed by atoms with Gasteiger partial charge >= 0.3 is 0 Å². The van der Waals surface area contributed by atoms with Crippen LogP contribution in [-0.2, 0) is 14.8 Å². The molecule has 1 fully saturated rings. The molecule has 0 aromatic rings. The molecule has 2 aliphatic rings. The third kappa shape index (κ3) is 2.57. The zero-order valence-electron chi connectivity index (χ0n) is 8.59. The Balaban J connectivity index is 1.87. The molecule has 2 heterocycles. The number of rotatable bonds is 3. The van der Waals surface area contributed by atoms with E-state index in [1.165, 1.54) is 12.6 Å². The molecule has 1 unspecified atom stereocenters. The number of ether oxygens (including phenoxy) is 1. The SMILES string of the molecule is CN1CCCC1COC1=CS(=O)(=O)N=C1. The molecule has 0 N–H and O–H groups in total. The minimum atomic E-state index is -3.39. The first-order chi connectivity index (χ1) is 7.07. The van der Waals surface area contributed by atoms with Crippen LogP contribution in [0.5, 0.6) is 0 Å². The van der Waals surface area contributed by atoms with E-state index in [9.17, 15) is 8.42 Å². The standard InChI is InChI=1S/C9H14N2O3S/c1-11-4-2-3-8(11)6-14-9-5-10-15(12,13)7-9/h5,7-8H,2-4,6H2,1H3. The smallest absolute Gasteiger partial charge is 0.279 e. The number of likely N-dealkylation sites (N-methyl/N-ethyl adjacent to an activating group) is 1. The maximum absolute atomic E-state index is 10.9. The highest BCUT2D eigenvalue weighted by atomic mass is 32.2. The topological polar surface area (TPSA) is 59.0 Å². The van der Waals surface area contributed by atoms with Crippen molar-refractivity contribution in [3.05, 3.63) is 11.2 Å². The molecule has 0 aliphatic carbocycles. The van der Waals surface area contributed by atoms with Gasteiger partial charge in [-0.3, -0.25) is 0 Å². The van der Waals surface area contributed by atoms with Gasteiger partial charge < -0.3 is 9.64 Å². The molecule has 0 spiro atoms. The van der Waals surface area contributed by atoms with Crippen molar-refractivity contribution in [3.63, 3.8) is 0 Å². The molecule has 2 aliphatic heterocycles. The zero-order valence-corrected chi connectivity index (χ0v) is 9.40. The molecule has 0 amide bonds. The van der Waals surface area contributed by atoms with Crippen LogP contribution >= 0.6 is 0 Å². The van der Waals surface area contributed by atoms with Gasteiger partial charge in [-0.25, -0.2) is 0 Å². The first-order valence-corrected chi connectivity index (χ1v) is 6.42. The predicted octanol–water partition coefficient (Wildman–Crippen LogP) is 0.353. The highest BCUT2D eigenvalue weighted by molar-refractivity contribution is 7.93. The fourth-order valence-corrected chi connectivity index (χ4v) is 2.52. The summed E-state index contributed by atoms with van der Waals surface area (Å²) in [6.45, 7) is 1.61. The van der Waals surface area contributed by atoms with E-state index in [1.54, 1.807) is 0 Å². The fourth-order valence-electron chi connectivity index (χ4n) is 1.79. The average molecular weight is 230 g/mol. The summed E-state index contributed by atoms with van der Waals surface area (Å²) in [6, 6.07) is 0.391. The van der Waals surface area contributed by atoms with Crippen molar-refractivity contribution >= 4 is 16.2 Å². The quantitative estimate of drug-likeness (QED) is 0.702. The maximum Gasteiger partial charge on any atom is 0.279 e. The molecular formula is C9H14N2O3S. The Kier molecular flexibility index (Phi) is 2.79. The molecule has 84 valence electrons. The summed E-state index contributed by atoms with van der Waals surface area (Å²) in [5.41, 5.74) is 0. The Morgan fingerprint density at radius 1 is 1.67 bits per heavy atom. The van der Waals surface area contributed by atoms with Crippen molar-refractivity contribution in [1.82, 2.24) is 4.90 Å². The van der Waals surface area contributed by atoms with Gasteiger partial charge in [0, 0.05) is 6.04 Å². The molecule has 0 bridgehead atoms. The fraction of sp³-hybridized carbons (Fsp3) is 0.667. The van der Waals surface area contributed by atoms with E-state index in [4.69, 9.17) is 4.74 Å². The second-order valence-corrected chi connectivity index (χ2v) is 5.33. The largest absolute Gasteiger partial charge is 0.490 e. The highest BCUT2D eigenvalue weighted by Crippen LogP contribution is 2.17. The Bertz CT molecular complexity index is 400. The summed E-state index contributed by atoms with van der Waals surface area (Å²) >= 11 is 0. The van der Waals surface area contributed by atoms with Crippen LogP contribution in [0.1, 0.15) is 12.8 Å². The Hall–Kier alpha value is -0.880. The summed E-state index contributed by atoms with van der Waals surface area (Å²) in [5, 5.41) is 1.06. The molecular weight excluding hydrogens is 216 g/mol. The molecule has 6 heteroatoms. The number of nitrogens with zero attached hydrogens (tertiary/aromatic N) is 2. The zero-order chi connectivity index (χ0) is 10.9. The second-order valence-electron chi connectivity index (χ2n) is 3.86.